The van der Waals surface area contributed by atoms with Gasteiger partial charge < -0.3 is 13.7 Å². The van der Waals surface area contributed by atoms with Crippen molar-refractivity contribution >= 4 is 11.0 Å². The van der Waals surface area contributed by atoms with Gasteiger partial charge in [0.15, 0.2) is 12.4 Å². The molecular formula is C18H20N2O4. The molecule has 1 aromatic carbocycles. The van der Waals surface area contributed by atoms with Gasteiger partial charge in [0.1, 0.15) is 11.3 Å². The number of fused-ring (bicyclic) bond motifs is 1. The molecule has 0 bridgehead atoms. The third-order valence-electron chi connectivity index (χ3n) is 3.68. The Hall–Kier alpha value is -2.63. The molecule has 0 spiro atoms. The quantitative estimate of drug-likeness (QED) is 0.640. The molecule has 0 saturated heterocycles. The maximum atomic E-state index is 11.7. The number of rotatable bonds is 6. The van der Waals surface area contributed by atoms with E-state index in [0.29, 0.717) is 23.0 Å². The Balaban J connectivity index is 1.81. The van der Waals surface area contributed by atoms with E-state index >= 15 is 0 Å². The number of aryl methyl sites for hydroxylation is 1. The molecule has 0 unspecified atom stereocenters. The Labute approximate surface area is 139 Å². The molecule has 0 N–H and O–H groups in total. The Kier molecular flexibility index (Phi) is 4.64. The lowest BCUT2D eigenvalue weighted by molar-refractivity contribution is 0.242. The fraction of sp³-hybridized carbons (Fsp3) is 0.389. The lowest BCUT2D eigenvalue weighted by Gasteiger charge is -2.07. The minimum atomic E-state index is -0.346. The van der Waals surface area contributed by atoms with Crippen LogP contribution in [-0.4, -0.2) is 10.1 Å². The van der Waals surface area contributed by atoms with Gasteiger partial charge in [-0.3, -0.25) is 0 Å². The first kappa shape index (κ1) is 16.2. The van der Waals surface area contributed by atoms with Gasteiger partial charge in [-0.05, 0) is 24.1 Å². The average Bonchev–Trinajstić information content (AvgIpc) is 3.02. The fourth-order valence-electron chi connectivity index (χ4n) is 2.48. The smallest absolute Gasteiger partial charge is 0.336 e. The molecule has 0 radical (unpaired) electrons. The van der Waals surface area contributed by atoms with E-state index < -0.39 is 0 Å². The highest BCUT2D eigenvalue weighted by atomic mass is 16.5. The zero-order valence-electron chi connectivity index (χ0n) is 14.0. The summed E-state index contributed by atoms with van der Waals surface area (Å²) in [5.41, 5.74) is 1.17. The van der Waals surface area contributed by atoms with E-state index in [2.05, 4.69) is 17.1 Å². The molecule has 126 valence electrons. The van der Waals surface area contributed by atoms with Crippen LogP contribution in [0.25, 0.3) is 11.0 Å². The first-order chi connectivity index (χ1) is 11.6. The molecule has 0 fully saturated rings. The van der Waals surface area contributed by atoms with Crippen molar-refractivity contribution in [3.05, 3.63) is 52.0 Å². The van der Waals surface area contributed by atoms with Crippen LogP contribution in [0.5, 0.6) is 5.75 Å². The van der Waals surface area contributed by atoms with E-state index in [1.54, 1.807) is 12.1 Å². The van der Waals surface area contributed by atoms with Gasteiger partial charge in [0.25, 0.3) is 5.89 Å². The van der Waals surface area contributed by atoms with E-state index in [1.165, 1.54) is 0 Å². The second kappa shape index (κ2) is 6.86. The summed E-state index contributed by atoms with van der Waals surface area (Å²) in [6.07, 6.45) is 1.80. The maximum absolute atomic E-state index is 11.7. The minimum Gasteiger partial charge on any atom is -0.484 e. The summed E-state index contributed by atoms with van der Waals surface area (Å²) in [5, 5.41) is 4.83. The summed E-state index contributed by atoms with van der Waals surface area (Å²) in [4.78, 5) is 16.0. The van der Waals surface area contributed by atoms with E-state index in [1.807, 2.05) is 26.0 Å². The van der Waals surface area contributed by atoms with Crippen molar-refractivity contribution in [2.24, 2.45) is 0 Å². The molecule has 0 amide bonds. The molecule has 2 aromatic heterocycles. The Morgan fingerprint density at radius 2 is 2.08 bits per heavy atom. The van der Waals surface area contributed by atoms with Crippen LogP contribution in [0.3, 0.4) is 0 Å². The summed E-state index contributed by atoms with van der Waals surface area (Å²) in [7, 11) is 0. The van der Waals surface area contributed by atoms with Crippen molar-refractivity contribution in [1.29, 1.82) is 0 Å². The number of hydrogen-bond donors (Lipinski definition) is 0. The highest BCUT2D eigenvalue weighted by Crippen LogP contribution is 2.24. The van der Waals surface area contributed by atoms with Crippen molar-refractivity contribution in [3.63, 3.8) is 0 Å². The van der Waals surface area contributed by atoms with Gasteiger partial charge in [-0.15, -0.1) is 0 Å². The normalized spacial score (nSPS) is 11.3. The zero-order valence-corrected chi connectivity index (χ0v) is 14.0. The molecule has 0 aliphatic carbocycles. The largest absolute Gasteiger partial charge is 0.484 e. The first-order valence-electron chi connectivity index (χ1n) is 8.09. The molecule has 0 atom stereocenters. The van der Waals surface area contributed by atoms with Crippen molar-refractivity contribution in [2.45, 2.75) is 46.1 Å². The topological polar surface area (TPSA) is 78.4 Å². The molecular weight excluding hydrogens is 308 g/mol. The van der Waals surface area contributed by atoms with E-state index in [0.717, 1.165) is 23.8 Å². The van der Waals surface area contributed by atoms with Crippen LogP contribution in [0.15, 0.2) is 38.0 Å². The number of benzene rings is 1. The van der Waals surface area contributed by atoms with Crippen LogP contribution < -0.4 is 10.4 Å². The summed E-state index contributed by atoms with van der Waals surface area (Å²) in [6.45, 7) is 6.24. The summed E-state index contributed by atoms with van der Waals surface area (Å²) >= 11 is 0. The van der Waals surface area contributed by atoms with Crippen molar-refractivity contribution in [2.75, 3.05) is 0 Å². The van der Waals surface area contributed by atoms with Crippen LogP contribution in [-0.2, 0) is 13.0 Å². The van der Waals surface area contributed by atoms with Crippen LogP contribution in [0.2, 0.25) is 0 Å². The Morgan fingerprint density at radius 3 is 2.79 bits per heavy atom. The van der Waals surface area contributed by atoms with Gasteiger partial charge in [0.05, 0.1) is 0 Å². The second-order valence-electron chi connectivity index (χ2n) is 5.99. The van der Waals surface area contributed by atoms with E-state index in [9.17, 15) is 4.79 Å². The van der Waals surface area contributed by atoms with Crippen molar-refractivity contribution in [1.82, 2.24) is 10.1 Å². The Bertz CT molecular complexity index is 895. The van der Waals surface area contributed by atoms with Gasteiger partial charge in [0, 0.05) is 23.4 Å². The zero-order chi connectivity index (χ0) is 17.1. The van der Waals surface area contributed by atoms with E-state index in [-0.39, 0.29) is 18.2 Å². The van der Waals surface area contributed by atoms with Crippen LogP contribution in [0, 0.1) is 0 Å². The van der Waals surface area contributed by atoms with Crippen LogP contribution >= 0.6 is 0 Å². The predicted molar refractivity (Wildman–Crippen MR) is 89.2 cm³/mol. The second-order valence-corrected chi connectivity index (χ2v) is 5.99. The highest BCUT2D eigenvalue weighted by Gasteiger charge is 2.11. The number of ether oxygens (including phenoxy) is 1. The van der Waals surface area contributed by atoms with E-state index in [4.69, 9.17) is 13.7 Å². The number of aromatic nitrogens is 2. The molecule has 3 rings (SSSR count). The third-order valence-corrected chi connectivity index (χ3v) is 3.68. The lowest BCUT2D eigenvalue weighted by Crippen LogP contribution is -2.01. The summed E-state index contributed by atoms with van der Waals surface area (Å²) in [6, 6.07) is 7.03. The molecule has 0 aliphatic heterocycles. The molecule has 6 nitrogen and oxygen atoms in total. The third kappa shape index (κ3) is 3.48. The van der Waals surface area contributed by atoms with Gasteiger partial charge in [-0.25, -0.2) is 4.79 Å². The monoisotopic (exact) mass is 328 g/mol. The van der Waals surface area contributed by atoms with Crippen molar-refractivity contribution < 1.29 is 13.7 Å². The van der Waals surface area contributed by atoms with Crippen LogP contribution in [0.4, 0.5) is 0 Å². The van der Waals surface area contributed by atoms with Crippen molar-refractivity contribution in [3.8, 4) is 5.75 Å². The average molecular weight is 328 g/mol. The molecule has 6 heteroatoms. The van der Waals surface area contributed by atoms with Gasteiger partial charge in [-0.1, -0.05) is 32.3 Å². The summed E-state index contributed by atoms with van der Waals surface area (Å²) < 4.78 is 16.1. The standard InChI is InChI=1S/C18H20N2O4/c1-4-5-12-8-17(21)23-15-9-13(6-7-14(12)15)22-10-16-19-18(11(2)3)20-24-16/h6-9,11H,4-5,10H2,1-3H3. The fourth-order valence-corrected chi connectivity index (χ4v) is 2.48. The first-order valence-corrected chi connectivity index (χ1v) is 8.09. The number of nitrogens with zero attached hydrogens (tertiary/aromatic N) is 2. The van der Waals surface area contributed by atoms with Gasteiger partial charge >= 0.3 is 5.63 Å². The molecule has 24 heavy (non-hydrogen) atoms. The maximum Gasteiger partial charge on any atom is 0.336 e. The Morgan fingerprint density at radius 1 is 1.25 bits per heavy atom. The molecule has 0 saturated carbocycles. The lowest BCUT2D eigenvalue weighted by atomic mass is 10.1. The highest BCUT2D eigenvalue weighted by molar-refractivity contribution is 5.81. The van der Waals surface area contributed by atoms with Gasteiger partial charge in [0.2, 0.25) is 0 Å². The summed E-state index contributed by atoms with van der Waals surface area (Å²) in [5.74, 6) is 1.86. The SMILES string of the molecule is CCCc1cc(=O)oc2cc(OCc3nc(C(C)C)no3)ccc12. The molecule has 3 aromatic rings. The molecule has 2 heterocycles. The minimum absolute atomic E-state index is 0.171. The van der Waals surface area contributed by atoms with Crippen LogP contribution in [0.1, 0.15) is 50.4 Å². The number of hydrogen-bond acceptors (Lipinski definition) is 6. The predicted octanol–water partition coefficient (Wildman–Crippen LogP) is 3.83. The molecule has 0 aliphatic rings. The van der Waals surface area contributed by atoms with Gasteiger partial charge in [-0.2, -0.15) is 4.98 Å².